The van der Waals surface area contributed by atoms with Crippen LogP contribution >= 0.6 is 11.3 Å². The first-order valence-electron chi connectivity index (χ1n) is 8.23. The Morgan fingerprint density at radius 2 is 1.61 bits per heavy atom. The summed E-state index contributed by atoms with van der Waals surface area (Å²) >= 11 is 1.66. The number of H-pyrrole nitrogens is 1. The van der Waals surface area contributed by atoms with Crippen molar-refractivity contribution in [2.45, 2.75) is 4.90 Å². The van der Waals surface area contributed by atoms with E-state index in [0.717, 1.165) is 11.1 Å². The molecule has 0 radical (unpaired) electrons. The minimum absolute atomic E-state index is 0.0127. The molecule has 0 bridgehead atoms. The number of thiophene rings is 1. The zero-order valence-electron chi connectivity index (χ0n) is 14.5. The van der Waals surface area contributed by atoms with Gasteiger partial charge in [-0.05, 0) is 29.1 Å². The molecule has 28 heavy (non-hydrogen) atoms. The smallest absolute Gasteiger partial charge is 0.238 e. The topological polar surface area (TPSA) is 113 Å². The Kier molecular flexibility index (Phi) is 4.57. The van der Waals surface area contributed by atoms with Gasteiger partial charge < -0.3 is 0 Å². The number of rotatable bonds is 4. The van der Waals surface area contributed by atoms with Gasteiger partial charge in [0.2, 0.25) is 10.0 Å². The molecule has 2 aromatic carbocycles. The Balaban J connectivity index is 1.71. The van der Waals surface area contributed by atoms with E-state index in [0.29, 0.717) is 22.5 Å². The summed E-state index contributed by atoms with van der Waals surface area (Å²) in [5.74, 6) is 0. The van der Waals surface area contributed by atoms with E-state index in [2.05, 4.69) is 22.3 Å². The molecule has 0 saturated heterocycles. The van der Waals surface area contributed by atoms with Crippen LogP contribution in [0.5, 0.6) is 0 Å². The van der Waals surface area contributed by atoms with Gasteiger partial charge in [-0.15, -0.1) is 11.3 Å². The number of hydrogen-bond donors (Lipinski definition) is 2. The maximum atomic E-state index is 11.4. The highest BCUT2D eigenvalue weighted by molar-refractivity contribution is 7.89. The summed E-state index contributed by atoms with van der Waals surface area (Å²) in [4.78, 5) is 1.18. The largest absolute Gasteiger partial charge is 0.276 e. The molecule has 0 atom stereocenters. The molecular formula is C20H14N4O2S2. The van der Waals surface area contributed by atoms with Gasteiger partial charge in [-0.25, -0.2) is 13.6 Å². The lowest BCUT2D eigenvalue weighted by molar-refractivity contribution is 0.598. The van der Waals surface area contributed by atoms with Gasteiger partial charge in [0, 0.05) is 16.0 Å². The second-order valence-corrected chi connectivity index (χ2v) is 8.57. The van der Waals surface area contributed by atoms with Crippen LogP contribution < -0.4 is 5.14 Å². The van der Waals surface area contributed by atoms with E-state index in [1.54, 1.807) is 23.5 Å². The Morgan fingerprint density at radius 1 is 0.964 bits per heavy atom. The fourth-order valence-corrected chi connectivity index (χ4v) is 4.16. The zero-order chi connectivity index (χ0) is 19.7. The van der Waals surface area contributed by atoms with Gasteiger partial charge in [-0.1, -0.05) is 42.5 Å². The summed E-state index contributed by atoms with van der Waals surface area (Å²) in [6, 6.07) is 20.1. The maximum Gasteiger partial charge on any atom is 0.238 e. The molecule has 0 unspecified atom stereocenters. The summed E-state index contributed by atoms with van der Waals surface area (Å²) < 4.78 is 22.8. The van der Waals surface area contributed by atoms with E-state index in [4.69, 9.17) is 5.14 Å². The van der Waals surface area contributed by atoms with Crippen molar-refractivity contribution >= 4 is 21.4 Å². The number of primary sulfonamides is 1. The van der Waals surface area contributed by atoms with E-state index >= 15 is 0 Å². The molecule has 4 aromatic rings. The molecule has 4 rings (SSSR count). The number of nitrogens with zero attached hydrogens (tertiary/aromatic N) is 2. The van der Waals surface area contributed by atoms with Gasteiger partial charge >= 0.3 is 0 Å². The average molecular weight is 406 g/mol. The predicted octanol–water partition coefficient (Wildman–Crippen LogP) is 3.99. The third kappa shape index (κ3) is 3.34. The summed E-state index contributed by atoms with van der Waals surface area (Å²) in [5, 5.41) is 24.0. The van der Waals surface area contributed by atoms with Gasteiger partial charge in [0.05, 0.1) is 10.6 Å². The fourth-order valence-electron chi connectivity index (χ4n) is 2.92. The molecule has 0 amide bonds. The molecule has 2 heterocycles. The molecule has 2 aromatic heterocycles. The molecule has 6 nitrogen and oxygen atoms in total. The van der Waals surface area contributed by atoms with Crippen LogP contribution in [0.2, 0.25) is 0 Å². The standard InChI is InChI=1S/C20H14N4O2S2/c21-12-17-19(14-5-3-13(4-6-14)18-2-1-11-27-18)23-24-20(17)15-7-9-16(10-8-15)28(22,25)26/h1-11H,(H,23,24)(H2,22,25,26). The van der Waals surface area contributed by atoms with E-state index in [9.17, 15) is 13.7 Å². The summed E-state index contributed by atoms with van der Waals surface area (Å²) in [6.45, 7) is 0. The molecule has 3 N–H and O–H groups in total. The van der Waals surface area contributed by atoms with Crippen LogP contribution in [-0.2, 0) is 10.0 Å². The average Bonchev–Trinajstić information content (AvgIpc) is 3.37. The van der Waals surface area contributed by atoms with Crippen molar-refractivity contribution < 1.29 is 8.42 Å². The molecule has 0 saturated carbocycles. The monoisotopic (exact) mass is 406 g/mol. The van der Waals surface area contributed by atoms with E-state index in [-0.39, 0.29) is 4.90 Å². The minimum atomic E-state index is -3.77. The number of aromatic amines is 1. The van der Waals surface area contributed by atoms with Crippen LogP contribution in [0.4, 0.5) is 0 Å². The van der Waals surface area contributed by atoms with E-state index in [1.807, 2.05) is 35.7 Å². The molecule has 0 aliphatic heterocycles. The van der Waals surface area contributed by atoms with E-state index in [1.165, 1.54) is 17.0 Å². The molecular weight excluding hydrogens is 392 g/mol. The molecule has 138 valence electrons. The number of sulfonamides is 1. The molecule has 0 fully saturated rings. The molecule has 0 aliphatic rings. The quantitative estimate of drug-likeness (QED) is 0.533. The Bertz CT molecular complexity index is 1270. The van der Waals surface area contributed by atoms with Crippen molar-refractivity contribution in [1.82, 2.24) is 10.2 Å². The van der Waals surface area contributed by atoms with Crippen molar-refractivity contribution in [3.8, 4) is 39.0 Å². The molecule has 8 heteroatoms. The van der Waals surface area contributed by atoms with Crippen LogP contribution in [-0.4, -0.2) is 18.6 Å². The summed E-state index contributed by atoms with van der Waals surface area (Å²) in [7, 11) is -3.77. The van der Waals surface area contributed by atoms with Gasteiger partial charge in [-0.3, -0.25) is 5.10 Å². The van der Waals surface area contributed by atoms with Crippen LogP contribution in [0.3, 0.4) is 0 Å². The second kappa shape index (κ2) is 7.05. The Hall–Kier alpha value is -3.25. The van der Waals surface area contributed by atoms with Crippen LogP contribution in [0.1, 0.15) is 5.56 Å². The highest BCUT2D eigenvalue weighted by atomic mass is 32.2. The maximum absolute atomic E-state index is 11.4. The first-order valence-corrected chi connectivity index (χ1v) is 10.7. The highest BCUT2D eigenvalue weighted by Gasteiger charge is 2.17. The van der Waals surface area contributed by atoms with Crippen molar-refractivity contribution in [2.75, 3.05) is 0 Å². The number of nitriles is 1. The fraction of sp³-hybridized carbons (Fsp3) is 0. The number of benzene rings is 2. The van der Waals surface area contributed by atoms with Gasteiger partial charge in [-0.2, -0.15) is 10.4 Å². The predicted molar refractivity (Wildman–Crippen MR) is 109 cm³/mol. The lowest BCUT2D eigenvalue weighted by Gasteiger charge is -2.03. The summed E-state index contributed by atoms with van der Waals surface area (Å²) in [6.07, 6.45) is 0. The van der Waals surface area contributed by atoms with Gasteiger partial charge in [0.1, 0.15) is 17.3 Å². The lowest BCUT2D eigenvalue weighted by atomic mass is 10.0. The first kappa shape index (κ1) is 18.1. The Labute approximate surface area is 165 Å². The van der Waals surface area contributed by atoms with Crippen LogP contribution in [0, 0.1) is 11.3 Å². The van der Waals surface area contributed by atoms with Crippen molar-refractivity contribution in [3.63, 3.8) is 0 Å². The normalized spacial score (nSPS) is 11.3. The van der Waals surface area contributed by atoms with Crippen molar-refractivity contribution in [3.05, 3.63) is 71.6 Å². The highest BCUT2D eigenvalue weighted by Crippen LogP contribution is 2.32. The van der Waals surface area contributed by atoms with Crippen LogP contribution in [0.15, 0.2) is 70.9 Å². The number of nitrogens with two attached hydrogens (primary N) is 1. The number of nitrogens with one attached hydrogen (secondary N) is 1. The lowest BCUT2D eigenvalue weighted by Crippen LogP contribution is -2.11. The first-order chi connectivity index (χ1) is 13.5. The number of aromatic nitrogens is 2. The third-order valence-electron chi connectivity index (χ3n) is 4.31. The van der Waals surface area contributed by atoms with Gasteiger partial charge in [0.25, 0.3) is 0 Å². The molecule has 0 aliphatic carbocycles. The zero-order valence-corrected chi connectivity index (χ0v) is 16.1. The third-order valence-corrected chi connectivity index (χ3v) is 6.16. The summed E-state index contributed by atoms with van der Waals surface area (Å²) in [5.41, 5.74) is 4.05. The van der Waals surface area contributed by atoms with Crippen molar-refractivity contribution in [1.29, 1.82) is 5.26 Å². The minimum Gasteiger partial charge on any atom is -0.276 e. The van der Waals surface area contributed by atoms with Crippen LogP contribution in [0.25, 0.3) is 33.0 Å². The van der Waals surface area contributed by atoms with E-state index < -0.39 is 10.0 Å². The van der Waals surface area contributed by atoms with Gasteiger partial charge in [0.15, 0.2) is 0 Å². The Morgan fingerprint density at radius 3 is 2.18 bits per heavy atom. The second-order valence-electron chi connectivity index (χ2n) is 6.06. The molecule has 0 spiro atoms. The number of hydrogen-bond acceptors (Lipinski definition) is 5. The SMILES string of the molecule is N#Cc1c(-c2ccc(-c3cccs3)cc2)n[nH]c1-c1ccc(S(N)(=O)=O)cc1. The van der Waals surface area contributed by atoms with Crippen molar-refractivity contribution in [2.24, 2.45) is 5.14 Å².